The van der Waals surface area contributed by atoms with Crippen molar-refractivity contribution in [1.29, 1.82) is 0 Å². The lowest BCUT2D eigenvalue weighted by Crippen LogP contribution is -2.29. The molecule has 1 fully saturated rings. The minimum Gasteiger partial charge on any atom is -0.355 e. The fourth-order valence-corrected chi connectivity index (χ4v) is 3.37. The van der Waals surface area contributed by atoms with Crippen LogP contribution in [-0.2, 0) is 4.74 Å². The van der Waals surface area contributed by atoms with Crippen LogP contribution in [0, 0.1) is 5.92 Å². The number of nitrogens with zero attached hydrogens (tertiary/aromatic N) is 2. The third-order valence-electron chi connectivity index (χ3n) is 5.14. The first-order valence-corrected chi connectivity index (χ1v) is 12.3. The minimum absolute atomic E-state index is 0.0995. The van der Waals surface area contributed by atoms with Crippen LogP contribution in [-0.4, -0.2) is 21.7 Å². The number of anilines is 2. The molecule has 0 radical (unpaired) electrons. The van der Waals surface area contributed by atoms with Crippen LogP contribution < -0.4 is 16.3 Å². The Morgan fingerprint density at radius 3 is 2.18 bits per heavy atom. The van der Waals surface area contributed by atoms with E-state index in [-0.39, 0.29) is 18.1 Å². The van der Waals surface area contributed by atoms with Crippen molar-refractivity contribution in [2.24, 2.45) is 5.92 Å². The number of fused-ring (bicyclic) bond motifs is 1. The van der Waals surface area contributed by atoms with Crippen molar-refractivity contribution in [2.75, 3.05) is 10.6 Å². The van der Waals surface area contributed by atoms with Gasteiger partial charge in [0.15, 0.2) is 0 Å². The molecule has 1 aromatic heterocycles. The van der Waals surface area contributed by atoms with Gasteiger partial charge in [0.1, 0.15) is 12.0 Å². The molecule has 34 heavy (non-hydrogen) atoms. The quantitative estimate of drug-likeness (QED) is 0.431. The van der Waals surface area contributed by atoms with Gasteiger partial charge in [-0.1, -0.05) is 78.8 Å². The van der Waals surface area contributed by atoms with Gasteiger partial charge < -0.3 is 10.1 Å². The van der Waals surface area contributed by atoms with E-state index < -0.39 is 11.7 Å². The fourth-order valence-electron chi connectivity index (χ4n) is 3.37. The Labute approximate surface area is 203 Å². The number of nitrogens with one attached hydrogen (secondary N) is 2. The lowest BCUT2D eigenvalue weighted by molar-refractivity contribution is 0.00319. The Morgan fingerprint density at radius 2 is 1.59 bits per heavy atom. The number of urea groups is 1. The van der Waals surface area contributed by atoms with E-state index in [4.69, 9.17) is 4.74 Å². The normalized spacial score (nSPS) is 18.3. The zero-order valence-electron chi connectivity index (χ0n) is 21.8. The summed E-state index contributed by atoms with van der Waals surface area (Å²) in [5.41, 5.74) is 0.210. The summed E-state index contributed by atoms with van der Waals surface area (Å²) < 4.78 is 7.26. The molecule has 7 heteroatoms. The van der Waals surface area contributed by atoms with E-state index in [1.165, 1.54) is 4.57 Å². The Hall–Kier alpha value is -3.19. The number of aromatic nitrogens is 2. The molecule has 186 valence electrons. The van der Waals surface area contributed by atoms with Crippen LogP contribution in [0.2, 0.25) is 0 Å². The summed E-state index contributed by atoms with van der Waals surface area (Å²) in [5, 5.41) is 7.48. The topological polar surface area (TPSA) is 85.2 Å². The summed E-state index contributed by atoms with van der Waals surface area (Å²) in [7, 11) is 0. The standard InChI is InChI=1S/C21H22N4O3.3C2H6/c1-13-11-19(28-14(13)2)25-10-9-18(24-21(25)27)23-20(26)22-17-8-7-15-5-3-4-6-16(15)12-17;3*1-2/h3-10,12-14,19H,11H2,1-2H3,(H2,22,23,24,26,27);3*1-2H3/t13-,14?,19-;;;/m1.../s1. The molecule has 4 rings (SSSR count). The summed E-state index contributed by atoms with van der Waals surface area (Å²) in [6, 6.07) is 14.7. The van der Waals surface area contributed by atoms with Crippen molar-refractivity contribution in [1.82, 2.24) is 9.55 Å². The van der Waals surface area contributed by atoms with Gasteiger partial charge in [0.25, 0.3) is 0 Å². The molecule has 1 aliphatic rings. The third-order valence-corrected chi connectivity index (χ3v) is 5.14. The van der Waals surface area contributed by atoms with Crippen molar-refractivity contribution in [3.05, 3.63) is 65.2 Å². The van der Waals surface area contributed by atoms with Crippen LogP contribution >= 0.6 is 0 Å². The highest BCUT2D eigenvalue weighted by molar-refractivity contribution is 6.00. The Morgan fingerprint density at radius 1 is 0.941 bits per heavy atom. The minimum atomic E-state index is -0.459. The fraction of sp³-hybridized carbons (Fsp3) is 0.444. The number of rotatable bonds is 3. The number of ether oxygens (including phenoxy) is 1. The first-order valence-electron chi connectivity index (χ1n) is 12.3. The second-order valence-corrected chi connectivity index (χ2v) is 7.15. The molecular formula is C27H40N4O3. The van der Waals surface area contributed by atoms with Crippen LogP contribution in [0.25, 0.3) is 10.8 Å². The van der Waals surface area contributed by atoms with Crippen LogP contribution in [0.4, 0.5) is 16.3 Å². The van der Waals surface area contributed by atoms with Crippen molar-refractivity contribution >= 4 is 28.3 Å². The molecule has 1 unspecified atom stereocenters. The molecule has 0 aliphatic carbocycles. The average molecular weight is 469 g/mol. The van der Waals surface area contributed by atoms with Crippen LogP contribution in [0.1, 0.15) is 68.0 Å². The highest BCUT2D eigenvalue weighted by Crippen LogP contribution is 2.31. The summed E-state index contributed by atoms with van der Waals surface area (Å²) in [6.07, 6.45) is 2.15. The molecule has 1 saturated heterocycles. The highest BCUT2D eigenvalue weighted by Gasteiger charge is 2.30. The molecule has 2 amide bonds. The molecule has 3 atom stereocenters. The van der Waals surface area contributed by atoms with Crippen LogP contribution in [0.5, 0.6) is 0 Å². The third kappa shape index (κ3) is 7.70. The molecular weight excluding hydrogens is 428 g/mol. The maximum atomic E-state index is 12.3. The van der Waals surface area contributed by atoms with Gasteiger partial charge in [0, 0.05) is 11.9 Å². The maximum absolute atomic E-state index is 12.3. The predicted molar refractivity (Wildman–Crippen MR) is 142 cm³/mol. The number of benzene rings is 2. The number of hydrogen-bond donors (Lipinski definition) is 2. The molecule has 2 aromatic carbocycles. The van der Waals surface area contributed by atoms with Gasteiger partial charge in [-0.15, -0.1) is 0 Å². The van der Waals surface area contributed by atoms with Gasteiger partial charge in [0.05, 0.1) is 6.10 Å². The molecule has 1 aliphatic heterocycles. The summed E-state index contributed by atoms with van der Waals surface area (Å²) in [4.78, 5) is 28.5. The number of carbonyl (C=O) groups excluding carboxylic acids is 1. The van der Waals surface area contributed by atoms with E-state index in [1.54, 1.807) is 12.3 Å². The number of hydrogen-bond acceptors (Lipinski definition) is 4. The van der Waals surface area contributed by atoms with Crippen molar-refractivity contribution in [2.45, 2.75) is 74.1 Å². The molecule has 3 aromatic rings. The van der Waals surface area contributed by atoms with E-state index in [2.05, 4.69) is 22.5 Å². The Balaban J connectivity index is 0.000000894. The zero-order valence-corrected chi connectivity index (χ0v) is 21.8. The SMILES string of the molecule is CC.CC.CC.CC1O[C@@H](n2ccc(NC(=O)Nc3ccc4ccccc4c3)nc2=O)C[C@H]1C. The Kier molecular flexibility index (Phi) is 12.6. The first kappa shape index (κ1) is 28.8. The molecule has 0 spiro atoms. The van der Waals surface area contributed by atoms with Gasteiger partial charge in [-0.25, -0.2) is 9.59 Å². The monoisotopic (exact) mass is 468 g/mol. The summed E-state index contributed by atoms with van der Waals surface area (Å²) in [5.74, 6) is 0.570. The number of carbonyl (C=O) groups is 1. The van der Waals surface area contributed by atoms with Gasteiger partial charge in [0.2, 0.25) is 0 Å². The van der Waals surface area contributed by atoms with Gasteiger partial charge in [-0.3, -0.25) is 9.88 Å². The molecule has 2 heterocycles. The predicted octanol–water partition coefficient (Wildman–Crippen LogP) is 7.06. The first-order chi connectivity index (χ1) is 16.5. The van der Waals surface area contributed by atoms with E-state index in [9.17, 15) is 9.59 Å². The van der Waals surface area contributed by atoms with E-state index >= 15 is 0 Å². The lowest BCUT2D eigenvalue weighted by atomic mass is 10.1. The second-order valence-electron chi connectivity index (χ2n) is 7.15. The van der Waals surface area contributed by atoms with E-state index in [0.29, 0.717) is 11.6 Å². The van der Waals surface area contributed by atoms with Gasteiger partial charge in [-0.05, 0) is 48.2 Å². The van der Waals surface area contributed by atoms with Crippen LogP contribution in [0.3, 0.4) is 0 Å². The lowest BCUT2D eigenvalue weighted by Gasteiger charge is -2.14. The van der Waals surface area contributed by atoms with Gasteiger partial charge in [-0.2, -0.15) is 4.98 Å². The molecule has 2 N–H and O–H groups in total. The van der Waals surface area contributed by atoms with E-state index in [0.717, 1.165) is 17.2 Å². The Bertz CT molecular complexity index is 1070. The average Bonchev–Trinajstić information content (AvgIpc) is 3.20. The van der Waals surface area contributed by atoms with E-state index in [1.807, 2.05) is 90.9 Å². The number of amides is 2. The second kappa shape index (κ2) is 14.9. The molecule has 7 nitrogen and oxygen atoms in total. The maximum Gasteiger partial charge on any atom is 0.351 e. The smallest absolute Gasteiger partial charge is 0.351 e. The largest absolute Gasteiger partial charge is 0.355 e. The zero-order chi connectivity index (χ0) is 25.7. The summed E-state index contributed by atoms with van der Waals surface area (Å²) >= 11 is 0. The molecule has 0 saturated carbocycles. The summed E-state index contributed by atoms with van der Waals surface area (Å²) in [6.45, 7) is 16.1. The van der Waals surface area contributed by atoms with Crippen molar-refractivity contribution in [3.63, 3.8) is 0 Å². The van der Waals surface area contributed by atoms with Crippen molar-refractivity contribution in [3.8, 4) is 0 Å². The molecule has 0 bridgehead atoms. The van der Waals surface area contributed by atoms with Crippen molar-refractivity contribution < 1.29 is 9.53 Å². The van der Waals surface area contributed by atoms with Gasteiger partial charge >= 0.3 is 11.7 Å². The van der Waals surface area contributed by atoms with Crippen LogP contribution in [0.15, 0.2) is 59.5 Å². The highest BCUT2D eigenvalue weighted by atomic mass is 16.5.